The van der Waals surface area contributed by atoms with E-state index in [1.165, 1.54) is 0 Å². The van der Waals surface area contributed by atoms with E-state index in [2.05, 4.69) is 6.07 Å². The van der Waals surface area contributed by atoms with Crippen molar-refractivity contribution in [2.75, 3.05) is 0 Å². The summed E-state index contributed by atoms with van der Waals surface area (Å²) >= 11 is 0. The molecule has 1 saturated carbocycles. The molecule has 0 amide bonds. The van der Waals surface area contributed by atoms with Crippen molar-refractivity contribution in [3.8, 4) is 6.07 Å². The molecule has 1 fully saturated rings. The third kappa shape index (κ3) is 1.05. The molecule has 0 atom stereocenters. The quantitative estimate of drug-likeness (QED) is 0.530. The van der Waals surface area contributed by atoms with Crippen LogP contribution in [0.1, 0.15) is 33.6 Å². The maximum atomic E-state index is 10.8. The summed E-state index contributed by atoms with van der Waals surface area (Å²) in [5, 5.41) is 8.89. The highest BCUT2D eigenvalue weighted by molar-refractivity contribution is 5.87. The summed E-state index contributed by atoms with van der Waals surface area (Å²) in [6, 6.07) is 2.26. The van der Waals surface area contributed by atoms with Crippen molar-refractivity contribution < 1.29 is 4.79 Å². The third-order valence-corrected chi connectivity index (χ3v) is 2.65. The fraction of sp³-hybridized carbons (Fsp3) is 0.778. The summed E-state index contributed by atoms with van der Waals surface area (Å²) in [6.45, 7) is 6.05. The summed E-state index contributed by atoms with van der Waals surface area (Å²) in [5.41, 5.74) is -0.431. The minimum absolute atomic E-state index is 0.0599. The lowest BCUT2D eigenvalue weighted by Gasteiger charge is -2.44. The molecule has 0 aliphatic heterocycles. The van der Waals surface area contributed by atoms with E-state index in [1.54, 1.807) is 0 Å². The van der Waals surface area contributed by atoms with Gasteiger partial charge < -0.3 is 0 Å². The molecule has 60 valence electrons. The van der Waals surface area contributed by atoms with Crippen LogP contribution in [0.5, 0.6) is 0 Å². The molecule has 0 radical (unpaired) electrons. The van der Waals surface area contributed by atoms with Crippen LogP contribution in [0.3, 0.4) is 0 Å². The highest BCUT2D eigenvalue weighted by atomic mass is 16.1. The van der Waals surface area contributed by atoms with Gasteiger partial charge in [0, 0.05) is 12.8 Å². The molecule has 1 aliphatic rings. The lowest BCUT2D eigenvalue weighted by Crippen LogP contribution is -2.46. The van der Waals surface area contributed by atoms with E-state index in [0.29, 0.717) is 12.8 Å². The molecule has 0 aromatic heterocycles. The summed E-state index contributed by atoms with van der Waals surface area (Å²) < 4.78 is 0. The molecule has 2 nitrogen and oxygen atoms in total. The zero-order valence-corrected chi connectivity index (χ0v) is 7.27. The first-order valence-corrected chi connectivity index (χ1v) is 3.84. The Balaban J connectivity index is 2.83. The first kappa shape index (κ1) is 8.26. The molecule has 0 N–H and O–H groups in total. The van der Waals surface area contributed by atoms with Gasteiger partial charge in [0.05, 0.1) is 11.5 Å². The number of Topliss-reactive ketones (excluding diaryl/α,β-unsaturated/α-hetero) is 1. The Morgan fingerprint density at radius 1 is 1.45 bits per heavy atom. The fourth-order valence-corrected chi connectivity index (χ4v) is 1.40. The second-order valence-electron chi connectivity index (χ2n) is 4.34. The normalized spacial score (nSPS) is 22.2. The van der Waals surface area contributed by atoms with E-state index < -0.39 is 0 Å². The Morgan fingerprint density at radius 3 is 2.00 bits per heavy atom. The summed E-state index contributed by atoms with van der Waals surface area (Å²) in [6.07, 6.45) is 0.903. The van der Waals surface area contributed by atoms with Crippen molar-refractivity contribution in [1.82, 2.24) is 0 Å². The topological polar surface area (TPSA) is 40.9 Å². The van der Waals surface area contributed by atoms with Crippen molar-refractivity contribution in [3.63, 3.8) is 0 Å². The first-order chi connectivity index (χ1) is 4.91. The average molecular weight is 151 g/mol. The van der Waals surface area contributed by atoms with Crippen LogP contribution in [-0.4, -0.2) is 5.78 Å². The molecule has 1 aliphatic carbocycles. The van der Waals surface area contributed by atoms with Crippen molar-refractivity contribution in [2.24, 2.45) is 10.8 Å². The maximum Gasteiger partial charge on any atom is 0.136 e. The van der Waals surface area contributed by atoms with Crippen molar-refractivity contribution in [2.45, 2.75) is 33.6 Å². The molecular weight excluding hydrogens is 138 g/mol. The third-order valence-electron chi connectivity index (χ3n) is 2.65. The molecule has 0 heterocycles. The van der Waals surface area contributed by atoms with Gasteiger partial charge in [-0.1, -0.05) is 20.8 Å². The highest BCUT2D eigenvalue weighted by Crippen LogP contribution is 2.51. The predicted molar refractivity (Wildman–Crippen MR) is 41.7 cm³/mol. The van der Waals surface area contributed by atoms with Crippen LogP contribution in [0, 0.1) is 22.2 Å². The zero-order chi connectivity index (χ0) is 8.70. The molecule has 0 aromatic carbocycles. The van der Waals surface area contributed by atoms with Crippen LogP contribution in [-0.2, 0) is 4.79 Å². The van der Waals surface area contributed by atoms with E-state index in [1.807, 2.05) is 20.8 Å². The molecule has 1 rings (SSSR count). The molecule has 2 heteroatoms. The summed E-state index contributed by atoms with van der Waals surface area (Å²) in [4.78, 5) is 10.8. The van der Waals surface area contributed by atoms with Gasteiger partial charge in [-0.05, 0) is 5.41 Å². The number of nitriles is 1. The maximum absolute atomic E-state index is 10.8. The van der Waals surface area contributed by atoms with E-state index in [9.17, 15) is 4.79 Å². The Bertz CT molecular complexity index is 221. The van der Waals surface area contributed by atoms with Gasteiger partial charge >= 0.3 is 0 Å². The van der Waals surface area contributed by atoms with Gasteiger partial charge in [0.25, 0.3) is 0 Å². The van der Waals surface area contributed by atoms with Crippen LogP contribution >= 0.6 is 0 Å². The number of hydrogen-bond donors (Lipinski definition) is 0. The number of carbonyl (C=O) groups excluding carboxylic acids is 1. The molecule has 11 heavy (non-hydrogen) atoms. The number of ketones is 1. The smallest absolute Gasteiger partial charge is 0.136 e. The van der Waals surface area contributed by atoms with E-state index >= 15 is 0 Å². The van der Waals surface area contributed by atoms with Gasteiger partial charge in [-0.3, -0.25) is 4.79 Å². The Kier molecular flexibility index (Phi) is 1.56. The largest absolute Gasteiger partial charge is 0.300 e. The van der Waals surface area contributed by atoms with Crippen molar-refractivity contribution in [1.29, 1.82) is 5.26 Å². The molecule has 0 unspecified atom stereocenters. The minimum atomic E-state index is -0.371. The van der Waals surface area contributed by atoms with Crippen molar-refractivity contribution >= 4 is 5.78 Å². The molecule has 0 aromatic rings. The lowest BCUT2D eigenvalue weighted by atomic mass is 9.55. The number of carbonyl (C=O) groups is 1. The zero-order valence-electron chi connectivity index (χ0n) is 7.27. The van der Waals surface area contributed by atoms with Crippen LogP contribution in [0.4, 0.5) is 0 Å². The van der Waals surface area contributed by atoms with Crippen LogP contribution in [0.2, 0.25) is 0 Å². The van der Waals surface area contributed by atoms with Gasteiger partial charge in [0.15, 0.2) is 0 Å². The first-order valence-electron chi connectivity index (χ1n) is 3.84. The summed E-state index contributed by atoms with van der Waals surface area (Å²) in [5.74, 6) is 0.224. The molecule has 0 saturated heterocycles. The van der Waals surface area contributed by atoms with Gasteiger partial charge in [0.2, 0.25) is 0 Å². The Hall–Kier alpha value is -0.840. The van der Waals surface area contributed by atoms with E-state index in [0.717, 1.165) is 0 Å². The van der Waals surface area contributed by atoms with Crippen LogP contribution in [0.15, 0.2) is 0 Å². The van der Waals surface area contributed by atoms with Crippen LogP contribution in [0.25, 0.3) is 0 Å². The highest BCUT2D eigenvalue weighted by Gasteiger charge is 2.52. The standard InChI is InChI=1S/C9H13NO/c1-8(2,3)9(6-10)4-7(11)5-9/h4-5H2,1-3H3. The second kappa shape index (κ2) is 2.07. The molecular formula is C9H13NO. The van der Waals surface area contributed by atoms with Crippen molar-refractivity contribution in [3.05, 3.63) is 0 Å². The predicted octanol–water partition coefficient (Wildman–Crippen LogP) is 1.91. The van der Waals surface area contributed by atoms with Gasteiger partial charge in [0.1, 0.15) is 5.78 Å². The van der Waals surface area contributed by atoms with Gasteiger partial charge in [-0.25, -0.2) is 0 Å². The minimum Gasteiger partial charge on any atom is -0.300 e. The lowest BCUT2D eigenvalue weighted by molar-refractivity contribution is -0.134. The SMILES string of the molecule is CC(C)(C)C1(C#N)CC(=O)C1. The molecule has 0 spiro atoms. The number of rotatable bonds is 0. The Labute approximate surface area is 67.2 Å². The van der Waals surface area contributed by atoms with E-state index in [4.69, 9.17) is 5.26 Å². The van der Waals surface area contributed by atoms with E-state index in [-0.39, 0.29) is 16.6 Å². The summed E-state index contributed by atoms with van der Waals surface area (Å²) in [7, 11) is 0. The molecule has 0 bridgehead atoms. The van der Waals surface area contributed by atoms with Crippen LogP contribution < -0.4 is 0 Å². The average Bonchev–Trinajstić information content (AvgIpc) is 1.77. The Morgan fingerprint density at radius 2 is 1.91 bits per heavy atom. The second-order valence-corrected chi connectivity index (χ2v) is 4.34. The number of hydrogen-bond acceptors (Lipinski definition) is 2. The fourth-order valence-electron chi connectivity index (χ4n) is 1.40. The monoisotopic (exact) mass is 151 g/mol. The van der Waals surface area contributed by atoms with Gasteiger partial charge in [-0.2, -0.15) is 5.26 Å². The number of nitrogens with zero attached hydrogens (tertiary/aromatic N) is 1. The van der Waals surface area contributed by atoms with Gasteiger partial charge in [-0.15, -0.1) is 0 Å².